The van der Waals surface area contributed by atoms with Crippen molar-refractivity contribution < 1.29 is 19.6 Å². The first-order chi connectivity index (χ1) is 7.10. The zero-order chi connectivity index (χ0) is 11.7. The number of amides is 1. The highest BCUT2D eigenvalue weighted by atomic mass is 16.4. The lowest BCUT2D eigenvalue weighted by molar-refractivity contribution is -0.895. The van der Waals surface area contributed by atoms with Crippen LogP contribution in [0.2, 0.25) is 0 Å². The molecule has 0 radical (unpaired) electrons. The van der Waals surface area contributed by atoms with Gasteiger partial charge < -0.3 is 20.1 Å². The maximum atomic E-state index is 11.0. The molecule has 15 heavy (non-hydrogen) atoms. The minimum absolute atomic E-state index is 0.397. The summed E-state index contributed by atoms with van der Waals surface area (Å²) in [6.45, 7) is 7.58. The quantitative estimate of drug-likeness (QED) is 0.454. The Morgan fingerprint density at radius 2 is 1.87 bits per heavy atom. The number of hydrogen-bond donors (Lipinski definition) is 2. The van der Waals surface area contributed by atoms with E-state index in [9.17, 15) is 14.7 Å². The zero-order valence-corrected chi connectivity index (χ0v) is 9.21. The van der Waals surface area contributed by atoms with Gasteiger partial charge >= 0.3 is 0 Å². The highest BCUT2D eigenvalue weighted by molar-refractivity contribution is 5.93. The van der Waals surface area contributed by atoms with Crippen LogP contribution in [0.15, 0.2) is 12.2 Å². The number of rotatable bonds is 7. The third-order valence-corrected chi connectivity index (χ3v) is 2.15. The number of likely N-dealkylation sites (N-methyl/N-ethyl adjacent to an activating group) is 1. The van der Waals surface area contributed by atoms with Crippen LogP contribution < -0.4 is 15.3 Å². The first-order valence-electron chi connectivity index (χ1n) is 5.10. The van der Waals surface area contributed by atoms with Crippen LogP contribution in [0.3, 0.4) is 0 Å². The normalized spacial score (nSPS) is 10.9. The van der Waals surface area contributed by atoms with Gasteiger partial charge in [-0.3, -0.25) is 4.79 Å². The summed E-state index contributed by atoms with van der Waals surface area (Å²) in [6.07, 6.45) is 1.69. The van der Waals surface area contributed by atoms with Gasteiger partial charge in [0, 0.05) is 6.08 Å². The van der Waals surface area contributed by atoms with E-state index in [-0.39, 0.29) is 0 Å². The third kappa shape index (κ3) is 7.69. The summed E-state index contributed by atoms with van der Waals surface area (Å²) < 4.78 is 0. The van der Waals surface area contributed by atoms with Crippen LogP contribution in [0.4, 0.5) is 0 Å². The van der Waals surface area contributed by atoms with E-state index in [1.54, 1.807) is 0 Å². The van der Waals surface area contributed by atoms with E-state index < -0.39 is 11.9 Å². The van der Waals surface area contributed by atoms with Gasteiger partial charge in [-0.2, -0.15) is 0 Å². The summed E-state index contributed by atoms with van der Waals surface area (Å²) in [6, 6.07) is 0. The van der Waals surface area contributed by atoms with Crippen LogP contribution >= 0.6 is 0 Å². The molecule has 0 aliphatic rings. The highest BCUT2D eigenvalue weighted by Gasteiger charge is 2.02. The number of quaternary nitrogens is 1. The van der Waals surface area contributed by atoms with E-state index in [0.717, 1.165) is 31.8 Å². The molecule has 0 aliphatic carbocycles. The smallest absolute Gasteiger partial charge is 0.244 e. The average molecular weight is 214 g/mol. The van der Waals surface area contributed by atoms with Crippen LogP contribution in [0.1, 0.15) is 13.8 Å². The topological polar surface area (TPSA) is 73.7 Å². The molecule has 5 nitrogen and oxygen atoms in total. The lowest BCUT2D eigenvalue weighted by Crippen LogP contribution is -3.12. The standard InChI is InChI=1S/C10H18N2O3/c1-3-12(4-2)8-7-11-9(13)5-6-10(14)15/h5-6H,3-4,7-8H2,1-2H3,(H,11,13)(H,14,15). The van der Waals surface area contributed by atoms with Crippen molar-refractivity contribution in [3.63, 3.8) is 0 Å². The van der Waals surface area contributed by atoms with Gasteiger partial charge in [-0.1, -0.05) is 0 Å². The van der Waals surface area contributed by atoms with Crippen molar-refractivity contribution in [3.05, 3.63) is 12.2 Å². The summed E-state index contributed by atoms with van der Waals surface area (Å²) in [7, 11) is 0. The molecule has 0 aromatic carbocycles. The molecule has 2 N–H and O–H groups in total. The van der Waals surface area contributed by atoms with Crippen molar-refractivity contribution in [1.29, 1.82) is 0 Å². The minimum Gasteiger partial charge on any atom is -0.545 e. The van der Waals surface area contributed by atoms with Gasteiger partial charge in [0.1, 0.15) is 0 Å². The Bertz CT molecular complexity index is 235. The molecule has 0 aliphatic heterocycles. The number of hydrogen-bond acceptors (Lipinski definition) is 3. The van der Waals surface area contributed by atoms with Crippen molar-refractivity contribution in [3.8, 4) is 0 Å². The molecule has 0 rings (SSSR count). The molecule has 0 bridgehead atoms. The SMILES string of the molecule is CC[NH+](CC)CCNC(=O)C=CC(=O)[O-]. The fourth-order valence-corrected chi connectivity index (χ4v) is 1.17. The molecule has 0 saturated heterocycles. The molecule has 86 valence electrons. The van der Waals surface area contributed by atoms with Gasteiger partial charge in [0.2, 0.25) is 5.91 Å². The maximum Gasteiger partial charge on any atom is 0.244 e. The second kappa shape index (κ2) is 7.99. The molecule has 0 fully saturated rings. The van der Waals surface area contributed by atoms with E-state index in [2.05, 4.69) is 19.2 Å². The number of aliphatic carboxylic acids is 1. The number of carboxylic acids is 1. The van der Waals surface area contributed by atoms with E-state index in [4.69, 9.17) is 0 Å². The Balaban J connectivity index is 3.67. The Labute approximate surface area is 89.8 Å². The molecule has 0 heterocycles. The van der Waals surface area contributed by atoms with E-state index in [0.29, 0.717) is 6.54 Å². The Kier molecular flexibility index (Phi) is 7.27. The monoisotopic (exact) mass is 214 g/mol. The lowest BCUT2D eigenvalue weighted by Gasteiger charge is -2.14. The van der Waals surface area contributed by atoms with Crippen molar-refractivity contribution in [2.75, 3.05) is 26.2 Å². The molecular formula is C10H18N2O3. The van der Waals surface area contributed by atoms with Gasteiger partial charge in [0.25, 0.3) is 0 Å². The van der Waals surface area contributed by atoms with Crippen molar-refractivity contribution in [2.45, 2.75) is 13.8 Å². The zero-order valence-electron chi connectivity index (χ0n) is 9.21. The van der Waals surface area contributed by atoms with E-state index in [1.165, 1.54) is 4.90 Å². The summed E-state index contributed by atoms with van der Waals surface area (Å²) >= 11 is 0. The second-order valence-electron chi connectivity index (χ2n) is 3.15. The molecule has 5 heteroatoms. The van der Waals surface area contributed by atoms with Gasteiger partial charge in [0.15, 0.2) is 0 Å². The van der Waals surface area contributed by atoms with E-state index >= 15 is 0 Å². The summed E-state index contributed by atoms with van der Waals surface area (Å²) in [5, 5.41) is 12.6. The summed E-state index contributed by atoms with van der Waals surface area (Å²) in [4.78, 5) is 22.4. The predicted molar refractivity (Wildman–Crippen MR) is 54.1 cm³/mol. The van der Waals surface area contributed by atoms with Crippen LogP contribution in [-0.2, 0) is 9.59 Å². The number of carboxylic acid groups (broad SMARTS) is 1. The molecule has 0 spiro atoms. The van der Waals surface area contributed by atoms with Gasteiger partial charge in [-0.05, 0) is 19.9 Å². The molecular weight excluding hydrogens is 196 g/mol. The molecule has 1 amide bonds. The van der Waals surface area contributed by atoms with Crippen LogP contribution in [0.5, 0.6) is 0 Å². The largest absolute Gasteiger partial charge is 0.545 e. The van der Waals surface area contributed by atoms with Gasteiger partial charge in [-0.15, -0.1) is 0 Å². The molecule has 0 unspecified atom stereocenters. The van der Waals surface area contributed by atoms with Crippen LogP contribution in [-0.4, -0.2) is 38.1 Å². The fourth-order valence-electron chi connectivity index (χ4n) is 1.17. The average Bonchev–Trinajstić information content (AvgIpc) is 2.21. The van der Waals surface area contributed by atoms with Gasteiger partial charge in [-0.25, -0.2) is 0 Å². The summed E-state index contributed by atoms with van der Waals surface area (Å²) in [5.74, 6) is -1.76. The first kappa shape index (κ1) is 13.6. The van der Waals surface area contributed by atoms with E-state index in [1.807, 2.05) is 0 Å². The fraction of sp³-hybridized carbons (Fsp3) is 0.600. The van der Waals surface area contributed by atoms with Crippen molar-refractivity contribution in [2.24, 2.45) is 0 Å². The van der Waals surface area contributed by atoms with Crippen molar-refractivity contribution >= 4 is 11.9 Å². The number of nitrogens with one attached hydrogen (secondary N) is 2. The van der Waals surface area contributed by atoms with Crippen molar-refractivity contribution in [1.82, 2.24) is 5.32 Å². The first-order valence-corrected chi connectivity index (χ1v) is 5.10. The molecule has 0 saturated carbocycles. The second-order valence-corrected chi connectivity index (χ2v) is 3.15. The maximum absolute atomic E-state index is 11.0. The molecule has 0 atom stereocenters. The minimum atomic E-state index is -1.36. The Hall–Kier alpha value is -1.36. The number of carbonyl (C=O) groups is 2. The predicted octanol–water partition coefficient (Wildman–Crippen LogP) is -2.67. The molecule has 0 aromatic heterocycles. The summed E-state index contributed by atoms with van der Waals surface area (Å²) in [5.41, 5.74) is 0. The van der Waals surface area contributed by atoms with Crippen LogP contribution in [0.25, 0.3) is 0 Å². The Morgan fingerprint density at radius 3 is 2.33 bits per heavy atom. The molecule has 0 aromatic rings. The van der Waals surface area contributed by atoms with Crippen LogP contribution in [0, 0.1) is 0 Å². The Morgan fingerprint density at radius 1 is 1.27 bits per heavy atom. The number of carbonyl (C=O) groups excluding carboxylic acids is 2. The van der Waals surface area contributed by atoms with Gasteiger partial charge in [0.05, 0.1) is 32.1 Å². The third-order valence-electron chi connectivity index (χ3n) is 2.15. The lowest BCUT2D eigenvalue weighted by atomic mass is 10.4. The highest BCUT2D eigenvalue weighted by Crippen LogP contribution is 1.71.